The highest BCUT2D eigenvalue weighted by Crippen LogP contribution is 2.20. The minimum absolute atomic E-state index is 0.328. The first-order valence-electron chi connectivity index (χ1n) is 6.87. The Hall–Kier alpha value is -1.06. The third kappa shape index (κ3) is 3.72. The number of rotatable bonds is 6. The van der Waals surface area contributed by atoms with Crippen LogP contribution in [-0.4, -0.2) is 25.9 Å². The highest BCUT2D eigenvalue weighted by atomic mass is 16.5. The van der Waals surface area contributed by atoms with E-state index in [0.717, 1.165) is 18.9 Å². The zero-order chi connectivity index (χ0) is 12.8. The van der Waals surface area contributed by atoms with E-state index in [0.29, 0.717) is 18.8 Å². The molecule has 1 aliphatic heterocycles. The van der Waals surface area contributed by atoms with Crippen LogP contribution in [0, 0.1) is 0 Å². The largest absolute Gasteiger partial charge is 0.494 e. The minimum Gasteiger partial charge on any atom is -0.494 e. The first-order chi connectivity index (χ1) is 8.79. The molecule has 1 heterocycles. The molecule has 100 valence electrons. The SMILES string of the molecule is CCOc1cccc(C(C)NCC2CCCO2)c1. The molecule has 0 radical (unpaired) electrons. The Kier molecular flexibility index (Phi) is 5.02. The Bertz CT molecular complexity index is 361. The third-order valence-corrected chi connectivity index (χ3v) is 3.34. The van der Waals surface area contributed by atoms with E-state index < -0.39 is 0 Å². The molecule has 0 saturated carbocycles. The fraction of sp³-hybridized carbons (Fsp3) is 0.600. The average Bonchev–Trinajstić information content (AvgIpc) is 2.90. The molecule has 1 fully saturated rings. The minimum atomic E-state index is 0.328. The lowest BCUT2D eigenvalue weighted by molar-refractivity contribution is 0.108. The van der Waals surface area contributed by atoms with Gasteiger partial charge in [-0.15, -0.1) is 0 Å². The Balaban J connectivity index is 1.86. The predicted molar refractivity (Wildman–Crippen MR) is 73.0 cm³/mol. The molecule has 0 spiro atoms. The normalized spacial score (nSPS) is 20.9. The van der Waals surface area contributed by atoms with Crippen LogP contribution < -0.4 is 10.1 Å². The number of benzene rings is 1. The summed E-state index contributed by atoms with van der Waals surface area (Å²) < 4.78 is 11.1. The quantitative estimate of drug-likeness (QED) is 0.841. The molecule has 2 rings (SSSR count). The second-order valence-electron chi connectivity index (χ2n) is 4.77. The molecule has 1 saturated heterocycles. The van der Waals surface area contributed by atoms with Crippen molar-refractivity contribution in [3.63, 3.8) is 0 Å². The lowest BCUT2D eigenvalue weighted by Gasteiger charge is -2.18. The van der Waals surface area contributed by atoms with E-state index in [-0.39, 0.29) is 0 Å². The van der Waals surface area contributed by atoms with Gasteiger partial charge in [0.2, 0.25) is 0 Å². The summed E-state index contributed by atoms with van der Waals surface area (Å²) in [5, 5.41) is 3.53. The summed E-state index contributed by atoms with van der Waals surface area (Å²) in [4.78, 5) is 0. The van der Waals surface area contributed by atoms with Crippen molar-refractivity contribution in [1.29, 1.82) is 0 Å². The van der Waals surface area contributed by atoms with Gasteiger partial charge in [-0.2, -0.15) is 0 Å². The second-order valence-corrected chi connectivity index (χ2v) is 4.77. The van der Waals surface area contributed by atoms with Gasteiger partial charge >= 0.3 is 0 Å². The van der Waals surface area contributed by atoms with Gasteiger partial charge in [0.1, 0.15) is 5.75 Å². The van der Waals surface area contributed by atoms with Crippen LogP contribution in [0.5, 0.6) is 5.75 Å². The Morgan fingerprint density at radius 3 is 3.11 bits per heavy atom. The van der Waals surface area contributed by atoms with Crippen LogP contribution in [0.2, 0.25) is 0 Å². The lowest BCUT2D eigenvalue weighted by Crippen LogP contribution is -2.28. The van der Waals surface area contributed by atoms with Gasteiger partial charge in [-0.25, -0.2) is 0 Å². The van der Waals surface area contributed by atoms with E-state index in [9.17, 15) is 0 Å². The van der Waals surface area contributed by atoms with Crippen molar-refractivity contribution < 1.29 is 9.47 Å². The Morgan fingerprint density at radius 2 is 2.39 bits per heavy atom. The van der Waals surface area contributed by atoms with E-state index in [1.165, 1.54) is 18.4 Å². The first kappa shape index (κ1) is 13.4. The zero-order valence-corrected chi connectivity index (χ0v) is 11.3. The fourth-order valence-electron chi connectivity index (χ4n) is 2.27. The molecule has 2 unspecified atom stereocenters. The van der Waals surface area contributed by atoms with Crippen LogP contribution in [0.3, 0.4) is 0 Å². The zero-order valence-electron chi connectivity index (χ0n) is 11.3. The first-order valence-corrected chi connectivity index (χ1v) is 6.87. The maximum absolute atomic E-state index is 5.61. The molecular weight excluding hydrogens is 226 g/mol. The molecular formula is C15H23NO2. The molecule has 0 bridgehead atoms. The molecule has 2 atom stereocenters. The van der Waals surface area contributed by atoms with Crippen LogP contribution in [0.15, 0.2) is 24.3 Å². The van der Waals surface area contributed by atoms with Crippen molar-refractivity contribution >= 4 is 0 Å². The van der Waals surface area contributed by atoms with Crippen LogP contribution >= 0.6 is 0 Å². The van der Waals surface area contributed by atoms with E-state index >= 15 is 0 Å². The smallest absolute Gasteiger partial charge is 0.119 e. The van der Waals surface area contributed by atoms with Crippen LogP contribution in [0.25, 0.3) is 0 Å². The Morgan fingerprint density at radius 1 is 1.50 bits per heavy atom. The molecule has 3 heteroatoms. The molecule has 1 aromatic carbocycles. The molecule has 0 amide bonds. The van der Waals surface area contributed by atoms with Crippen molar-refractivity contribution in [1.82, 2.24) is 5.32 Å². The molecule has 3 nitrogen and oxygen atoms in total. The van der Waals surface area contributed by atoms with Gasteiger partial charge in [0.15, 0.2) is 0 Å². The van der Waals surface area contributed by atoms with E-state index in [2.05, 4.69) is 24.4 Å². The number of ether oxygens (including phenoxy) is 2. The van der Waals surface area contributed by atoms with E-state index in [4.69, 9.17) is 9.47 Å². The highest BCUT2D eigenvalue weighted by molar-refractivity contribution is 5.30. The number of nitrogens with one attached hydrogen (secondary N) is 1. The number of hydrogen-bond acceptors (Lipinski definition) is 3. The van der Waals surface area contributed by atoms with Crippen molar-refractivity contribution in [2.24, 2.45) is 0 Å². The van der Waals surface area contributed by atoms with Gasteiger partial charge in [-0.3, -0.25) is 0 Å². The van der Waals surface area contributed by atoms with Crippen LogP contribution in [0.4, 0.5) is 0 Å². The van der Waals surface area contributed by atoms with Crippen molar-refractivity contribution in [2.75, 3.05) is 19.8 Å². The highest BCUT2D eigenvalue weighted by Gasteiger charge is 2.16. The predicted octanol–water partition coefficient (Wildman–Crippen LogP) is 2.91. The van der Waals surface area contributed by atoms with Crippen molar-refractivity contribution in [3.8, 4) is 5.75 Å². The summed E-state index contributed by atoms with van der Waals surface area (Å²) in [6, 6.07) is 8.62. The molecule has 1 aliphatic rings. The molecule has 1 N–H and O–H groups in total. The number of hydrogen-bond donors (Lipinski definition) is 1. The average molecular weight is 249 g/mol. The molecule has 18 heavy (non-hydrogen) atoms. The third-order valence-electron chi connectivity index (χ3n) is 3.34. The van der Waals surface area contributed by atoms with Crippen LogP contribution in [-0.2, 0) is 4.74 Å². The van der Waals surface area contributed by atoms with E-state index in [1.54, 1.807) is 0 Å². The monoisotopic (exact) mass is 249 g/mol. The second kappa shape index (κ2) is 6.76. The summed E-state index contributed by atoms with van der Waals surface area (Å²) in [5.41, 5.74) is 1.26. The van der Waals surface area contributed by atoms with Gasteiger partial charge < -0.3 is 14.8 Å². The molecule has 0 aliphatic carbocycles. The lowest BCUT2D eigenvalue weighted by atomic mass is 10.1. The summed E-state index contributed by atoms with van der Waals surface area (Å²) in [6.07, 6.45) is 2.77. The fourth-order valence-corrected chi connectivity index (χ4v) is 2.27. The molecule has 0 aromatic heterocycles. The summed E-state index contributed by atoms with van der Waals surface area (Å²) in [7, 11) is 0. The van der Waals surface area contributed by atoms with Gasteiger partial charge in [-0.05, 0) is 44.4 Å². The van der Waals surface area contributed by atoms with E-state index in [1.807, 2.05) is 19.1 Å². The molecule has 1 aromatic rings. The summed E-state index contributed by atoms with van der Waals surface area (Å²) in [5.74, 6) is 0.945. The summed E-state index contributed by atoms with van der Waals surface area (Å²) >= 11 is 0. The van der Waals surface area contributed by atoms with Gasteiger partial charge in [-0.1, -0.05) is 12.1 Å². The van der Waals surface area contributed by atoms with Crippen molar-refractivity contribution in [2.45, 2.75) is 38.8 Å². The Labute approximate surface area is 109 Å². The van der Waals surface area contributed by atoms with Crippen LogP contribution in [0.1, 0.15) is 38.3 Å². The summed E-state index contributed by atoms with van der Waals surface area (Å²) in [6.45, 7) is 6.74. The maximum Gasteiger partial charge on any atom is 0.119 e. The van der Waals surface area contributed by atoms with Crippen molar-refractivity contribution in [3.05, 3.63) is 29.8 Å². The van der Waals surface area contributed by atoms with Gasteiger partial charge in [0.25, 0.3) is 0 Å². The van der Waals surface area contributed by atoms with Gasteiger partial charge in [0, 0.05) is 19.2 Å². The standard InChI is InChI=1S/C15H23NO2/c1-3-17-14-7-4-6-13(10-14)12(2)16-11-15-8-5-9-18-15/h4,6-7,10,12,15-16H,3,5,8-9,11H2,1-2H3. The van der Waals surface area contributed by atoms with Gasteiger partial charge in [0.05, 0.1) is 12.7 Å². The maximum atomic E-state index is 5.61. The topological polar surface area (TPSA) is 30.5 Å².